The van der Waals surface area contributed by atoms with Crippen molar-refractivity contribution in [2.24, 2.45) is 0 Å². The second-order valence-electron chi connectivity index (χ2n) is 4.75. The number of halogens is 1. The maximum Gasteiger partial charge on any atom is 0.415 e. The van der Waals surface area contributed by atoms with Gasteiger partial charge in [-0.25, -0.2) is 9.37 Å². The molecule has 0 spiro atoms. The van der Waals surface area contributed by atoms with Crippen LogP contribution in [0.2, 0.25) is 0 Å². The van der Waals surface area contributed by atoms with Crippen molar-refractivity contribution in [3.05, 3.63) is 60.2 Å². The van der Waals surface area contributed by atoms with Gasteiger partial charge in [0.1, 0.15) is 11.3 Å². The lowest BCUT2D eigenvalue weighted by atomic mass is 10.2. The third-order valence-corrected chi connectivity index (χ3v) is 3.14. The number of hydrogen-bond acceptors (Lipinski definition) is 6. The lowest BCUT2D eigenvalue weighted by molar-refractivity contribution is 0.199. The van der Waals surface area contributed by atoms with Crippen molar-refractivity contribution in [2.75, 3.05) is 0 Å². The molecule has 4 aromatic rings. The lowest BCUT2D eigenvalue weighted by Crippen LogP contribution is -1.95. The molecule has 0 unspecified atom stereocenters. The summed E-state index contributed by atoms with van der Waals surface area (Å²) in [6.07, 6.45) is 0.0114. The number of rotatable bonds is 4. The fourth-order valence-electron chi connectivity index (χ4n) is 2.10. The number of benzene rings is 2. The quantitative estimate of drug-likeness (QED) is 0.573. The van der Waals surface area contributed by atoms with Crippen LogP contribution in [0.3, 0.4) is 0 Å². The second-order valence-corrected chi connectivity index (χ2v) is 4.75. The molecule has 0 saturated carbocycles. The molecule has 0 amide bonds. The first-order chi connectivity index (χ1) is 11.3. The van der Waals surface area contributed by atoms with Crippen LogP contribution in [0.25, 0.3) is 22.6 Å². The summed E-state index contributed by atoms with van der Waals surface area (Å²) in [5.74, 6) is 0.274. The van der Waals surface area contributed by atoms with Crippen molar-refractivity contribution in [1.29, 1.82) is 0 Å². The molecule has 0 aliphatic rings. The van der Waals surface area contributed by atoms with Crippen molar-refractivity contribution in [3.63, 3.8) is 0 Å². The van der Waals surface area contributed by atoms with Gasteiger partial charge in [0, 0.05) is 11.6 Å². The Labute approximate surface area is 129 Å². The molecule has 0 bridgehead atoms. The Balaban J connectivity index is 1.49. The molecule has 0 aliphatic heterocycles. The largest absolute Gasteiger partial charge is 0.439 e. The molecule has 23 heavy (non-hydrogen) atoms. The van der Waals surface area contributed by atoms with Crippen molar-refractivity contribution in [1.82, 2.24) is 15.2 Å². The summed E-state index contributed by atoms with van der Waals surface area (Å²) in [5.41, 5.74) is 1.71. The standard InChI is InChI=1S/C16H10FN3O3/c17-11-6-7-12-13(8-11)22-14(18-12)9-21-16-20-19-15(23-16)10-4-2-1-3-5-10/h1-8H,9H2. The van der Waals surface area contributed by atoms with Crippen LogP contribution in [0.4, 0.5) is 4.39 Å². The summed E-state index contributed by atoms with van der Waals surface area (Å²) in [6.45, 7) is 0.00667. The molecule has 7 heteroatoms. The topological polar surface area (TPSA) is 74.2 Å². The first kappa shape index (κ1) is 13.4. The highest BCUT2D eigenvalue weighted by atomic mass is 19.1. The van der Waals surface area contributed by atoms with Crippen molar-refractivity contribution in [3.8, 4) is 17.5 Å². The Morgan fingerprint density at radius 2 is 1.87 bits per heavy atom. The van der Waals surface area contributed by atoms with E-state index in [1.807, 2.05) is 30.3 Å². The molecular weight excluding hydrogens is 301 g/mol. The van der Waals surface area contributed by atoms with E-state index in [4.69, 9.17) is 13.6 Å². The van der Waals surface area contributed by atoms with Crippen LogP contribution in [0, 0.1) is 5.82 Å². The smallest absolute Gasteiger partial charge is 0.415 e. The van der Waals surface area contributed by atoms with Crippen LogP contribution >= 0.6 is 0 Å². The number of oxazole rings is 1. The average Bonchev–Trinajstić information content (AvgIpc) is 3.20. The van der Waals surface area contributed by atoms with Gasteiger partial charge in [-0.1, -0.05) is 23.3 Å². The Kier molecular flexibility index (Phi) is 3.23. The Bertz CT molecular complexity index is 950. The van der Waals surface area contributed by atoms with Crippen LogP contribution in [0.15, 0.2) is 57.4 Å². The summed E-state index contributed by atoms with van der Waals surface area (Å²) < 4.78 is 29.3. The highest BCUT2D eigenvalue weighted by molar-refractivity contribution is 5.72. The summed E-state index contributed by atoms with van der Waals surface area (Å²) in [4.78, 5) is 4.19. The van der Waals surface area contributed by atoms with Gasteiger partial charge in [0.2, 0.25) is 5.89 Å². The fourth-order valence-corrected chi connectivity index (χ4v) is 2.10. The second kappa shape index (κ2) is 5.53. The van der Waals surface area contributed by atoms with Gasteiger partial charge in [-0.15, -0.1) is 5.10 Å². The van der Waals surface area contributed by atoms with Crippen molar-refractivity contribution in [2.45, 2.75) is 6.61 Å². The molecule has 2 aromatic carbocycles. The minimum absolute atomic E-state index is 0.00667. The van der Waals surface area contributed by atoms with E-state index < -0.39 is 0 Å². The van der Waals surface area contributed by atoms with Crippen LogP contribution < -0.4 is 4.74 Å². The van der Waals surface area contributed by atoms with Gasteiger partial charge in [-0.3, -0.25) is 0 Å². The zero-order valence-electron chi connectivity index (χ0n) is 11.8. The molecule has 4 rings (SSSR count). The minimum Gasteiger partial charge on any atom is -0.439 e. The van der Waals surface area contributed by atoms with Gasteiger partial charge in [0.25, 0.3) is 5.89 Å². The van der Waals surface area contributed by atoms with E-state index in [1.165, 1.54) is 18.2 Å². The zero-order chi connectivity index (χ0) is 15.6. The predicted molar refractivity (Wildman–Crippen MR) is 78.0 cm³/mol. The number of nitrogens with zero attached hydrogens (tertiary/aromatic N) is 3. The van der Waals surface area contributed by atoms with Crippen LogP contribution in [0.5, 0.6) is 6.08 Å². The molecule has 0 aliphatic carbocycles. The van der Waals surface area contributed by atoms with Gasteiger partial charge in [0.05, 0.1) is 0 Å². The van der Waals surface area contributed by atoms with Crippen LogP contribution in [-0.2, 0) is 6.61 Å². The predicted octanol–water partition coefficient (Wildman–Crippen LogP) is 3.60. The SMILES string of the molecule is Fc1ccc2nc(COc3nnc(-c4ccccc4)o3)oc2c1. The van der Waals surface area contributed by atoms with E-state index in [-0.39, 0.29) is 18.5 Å². The van der Waals surface area contributed by atoms with E-state index in [1.54, 1.807) is 0 Å². The number of fused-ring (bicyclic) bond motifs is 1. The Morgan fingerprint density at radius 1 is 1.00 bits per heavy atom. The first-order valence-corrected chi connectivity index (χ1v) is 6.84. The van der Waals surface area contributed by atoms with Gasteiger partial charge in [-0.05, 0) is 24.3 Å². The Hall–Kier alpha value is -3.22. The molecule has 0 saturated heterocycles. The highest BCUT2D eigenvalue weighted by Gasteiger charge is 2.12. The maximum atomic E-state index is 13.1. The fraction of sp³-hybridized carbons (Fsp3) is 0.0625. The molecule has 0 radical (unpaired) electrons. The molecule has 0 N–H and O–H groups in total. The zero-order valence-corrected chi connectivity index (χ0v) is 11.8. The number of aromatic nitrogens is 3. The number of hydrogen-bond donors (Lipinski definition) is 0. The summed E-state index contributed by atoms with van der Waals surface area (Å²) in [7, 11) is 0. The monoisotopic (exact) mass is 311 g/mol. The van der Waals surface area contributed by atoms with E-state index in [2.05, 4.69) is 15.2 Å². The average molecular weight is 311 g/mol. The van der Waals surface area contributed by atoms with Crippen LogP contribution in [0.1, 0.15) is 5.89 Å². The summed E-state index contributed by atoms with van der Waals surface area (Å²) in [5, 5.41) is 7.72. The van der Waals surface area contributed by atoms with Crippen LogP contribution in [-0.4, -0.2) is 15.2 Å². The Morgan fingerprint density at radius 3 is 2.74 bits per heavy atom. The van der Waals surface area contributed by atoms with Gasteiger partial charge in [0.15, 0.2) is 12.2 Å². The van der Waals surface area contributed by atoms with E-state index in [9.17, 15) is 4.39 Å². The molecular formula is C16H10FN3O3. The van der Waals surface area contributed by atoms with Gasteiger partial charge < -0.3 is 13.6 Å². The summed E-state index contributed by atoms with van der Waals surface area (Å²) in [6, 6.07) is 13.5. The summed E-state index contributed by atoms with van der Waals surface area (Å²) >= 11 is 0. The van der Waals surface area contributed by atoms with E-state index >= 15 is 0 Å². The highest BCUT2D eigenvalue weighted by Crippen LogP contribution is 2.22. The van der Waals surface area contributed by atoms with E-state index in [0.29, 0.717) is 22.9 Å². The van der Waals surface area contributed by atoms with Gasteiger partial charge in [-0.2, -0.15) is 0 Å². The van der Waals surface area contributed by atoms with Crippen molar-refractivity contribution < 1.29 is 18.0 Å². The lowest BCUT2D eigenvalue weighted by Gasteiger charge is -1.95. The normalized spacial score (nSPS) is 11.0. The molecule has 2 aromatic heterocycles. The van der Waals surface area contributed by atoms with Gasteiger partial charge >= 0.3 is 6.08 Å². The van der Waals surface area contributed by atoms with Crippen molar-refractivity contribution >= 4 is 11.1 Å². The van der Waals surface area contributed by atoms with E-state index in [0.717, 1.165) is 5.56 Å². The molecule has 2 heterocycles. The third-order valence-electron chi connectivity index (χ3n) is 3.14. The third kappa shape index (κ3) is 2.76. The number of ether oxygens (including phenoxy) is 1. The maximum absolute atomic E-state index is 13.1. The first-order valence-electron chi connectivity index (χ1n) is 6.84. The molecule has 114 valence electrons. The molecule has 0 atom stereocenters. The molecule has 6 nitrogen and oxygen atoms in total. The minimum atomic E-state index is -0.384. The molecule has 0 fully saturated rings.